The molecule has 3 aromatic rings. The molecule has 0 aliphatic carbocycles. The number of Topliss-reactive ketones (excluding diaryl/α,β-unsaturated/α-hetero) is 1. The van der Waals surface area contributed by atoms with Gasteiger partial charge in [-0.15, -0.1) is 0 Å². The van der Waals surface area contributed by atoms with Gasteiger partial charge in [-0.05, 0) is 54.1 Å². The van der Waals surface area contributed by atoms with Crippen LogP contribution in [0.25, 0.3) is 5.76 Å². The zero-order valence-corrected chi connectivity index (χ0v) is 20.8. The van der Waals surface area contributed by atoms with Crippen LogP contribution in [0.5, 0.6) is 17.2 Å². The molecular formula is C28H28N2O6. The molecule has 1 unspecified atom stereocenters. The van der Waals surface area contributed by atoms with Crippen LogP contribution in [0.3, 0.4) is 0 Å². The van der Waals surface area contributed by atoms with Gasteiger partial charge in [0.05, 0.1) is 32.9 Å². The van der Waals surface area contributed by atoms with Gasteiger partial charge in [-0.25, -0.2) is 0 Å². The molecule has 1 aliphatic rings. The van der Waals surface area contributed by atoms with Crippen LogP contribution in [0.1, 0.15) is 17.2 Å². The minimum Gasteiger partial charge on any atom is -0.507 e. The molecule has 1 amide bonds. The summed E-state index contributed by atoms with van der Waals surface area (Å²) in [6.45, 7) is 0. The zero-order chi connectivity index (χ0) is 26.0. The summed E-state index contributed by atoms with van der Waals surface area (Å²) in [7, 11) is 8.41. The number of benzene rings is 3. The molecule has 1 N–H and O–H groups in total. The second kappa shape index (κ2) is 10.0. The summed E-state index contributed by atoms with van der Waals surface area (Å²) >= 11 is 0. The molecule has 8 heteroatoms. The maximum Gasteiger partial charge on any atom is 0.300 e. The van der Waals surface area contributed by atoms with E-state index in [4.69, 9.17) is 14.2 Å². The average Bonchev–Trinajstić information content (AvgIpc) is 3.17. The van der Waals surface area contributed by atoms with Crippen molar-refractivity contribution in [3.05, 3.63) is 83.4 Å². The third-order valence-electron chi connectivity index (χ3n) is 6.18. The smallest absolute Gasteiger partial charge is 0.300 e. The Hall–Kier alpha value is -4.46. The summed E-state index contributed by atoms with van der Waals surface area (Å²) in [6.07, 6.45) is 0. The Balaban J connectivity index is 1.92. The molecule has 186 valence electrons. The van der Waals surface area contributed by atoms with Gasteiger partial charge >= 0.3 is 0 Å². The number of rotatable bonds is 7. The standard InChI is InChI=1S/C28H28N2O6/c1-29(2)19-10-6-17(7-11-19)25-24(26(31)18-8-13-21(34-3)14-9-18)27(32)28(33)30(25)20-12-15-22(35-4)23(16-20)36-5/h6-16,25,31H,1-5H3/b26-24+. The van der Waals surface area contributed by atoms with Crippen molar-refractivity contribution in [3.8, 4) is 17.2 Å². The normalized spacial score (nSPS) is 16.7. The van der Waals surface area contributed by atoms with Crippen molar-refractivity contribution < 1.29 is 28.9 Å². The molecule has 1 atom stereocenters. The minimum absolute atomic E-state index is 0.00226. The number of hydrogen-bond acceptors (Lipinski definition) is 7. The number of nitrogens with zero attached hydrogens (tertiary/aromatic N) is 2. The van der Waals surface area contributed by atoms with Crippen molar-refractivity contribution in [3.63, 3.8) is 0 Å². The van der Waals surface area contributed by atoms with Gasteiger partial charge < -0.3 is 24.2 Å². The summed E-state index contributed by atoms with van der Waals surface area (Å²) in [5.41, 5.74) is 2.46. The highest BCUT2D eigenvalue weighted by molar-refractivity contribution is 6.51. The Morgan fingerprint density at radius 3 is 2.03 bits per heavy atom. The Labute approximate surface area is 209 Å². The van der Waals surface area contributed by atoms with E-state index in [0.29, 0.717) is 34.1 Å². The topological polar surface area (TPSA) is 88.5 Å². The lowest BCUT2D eigenvalue weighted by Crippen LogP contribution is -2.29. The number of methoxy groups -OCH3 is 3. The van der Waals surface area contributed by atoms with E-state index in [0.717, 1.165) is 5.69 Å². The molecular weight excluding hydrogens is 460 g/mol. The largest absolute Gasteiger partial charge is 0.507 e. The molecule has 1 aliphatic heterocycles. The van der Waals surface area contributed by atoms with Crippen molar-refractivity contribution >= 4 is 28.8 Å². The summed E-state index contributed by atoms with van der Waals surface area (Å²) < 4.78 is 15.9. The van der Waals surface area contributed by atoms with Crippen molar-refractivity contribution in [2.75, 3.05) is 45.2 Å². The highest BCUT2D eigenvalue weighted by atomic mass is 16.5. The fourth-order valence-electron chi connectivity index (χ4n) is 4.25. The molecule has 8 nitrogen and oxygen atoms in total. The van der Waals surface area contributed by atoms with E-state index in [2.05, 4.69) is 0 Å². The first kappa shape index (κ1) is 24.7. The number of amides is 1. The fraction of sp³-hybridized carbons (Fsp3) is 0.214. The molecule has 0 saturated carbocycles. The Kier molecular flexibility index (Phi) is 6.87. The highest BCUT2D eigenvalue weighted by Gasteiger charge is 2.47. The van der Waals surface area contributed by atoms with Gasteiger partial charge in [-0.3, -0.25) is 14.5 Å². The highest BCUT2D eigenvalue weighted by Crippen LogP contribution is 2.44. The van der Waals surface area contributed by atoms with Crippen molar-refractivity contribution in [1.29, 1.82) is 0 Å². The number of carbonyl (C=O) groups excluding carboxylic acids is 2. The van der Waals surface area contributed by atoms with Gasteiger partial charge in [0.2, 0.25) is 0 Å². The van der Waals surface area contributed by atoms with Gasteiger partial charge in [-0.2, -0.15) is 0 Å². The molecule has 0 aromatic heterocycles. The van der Waals surface area contributed by atoms with E-state index in [9.17, 15) is 14.7 Å². The predicted molar refractivity (Wildman–Crippen MR) is 138 cm³/mol. The summed E-state index contributed by atoms with van der Waals surface area (Å²) in [4.78, 5) is 30.1. The van der Waals surface area contributed by atoms with Gasteiger partial charge in [0.25, 0.3) is 11.7 Å². The fourth-order valence-corrected chi connectivity index (χ4v) is 4.25. The molecule has 4 rings (SSSR count). The summed E-state index contributed by atoms with van der Waals surface area (Å²) in [6, 6.07) is 18.3. The number of ketones is 1. The number of aliphatic hydroxyl groups excluding tert-OH is 1. The summed E-state index contributed by atoms with van der Waals surface area (Å²) in [5, 5.41) is 11.3. The van der Waals surface area contributed by atoms with E-state index in [1.54, 1.807) is 49.6 Å². The van der Waals surface area contributed by atoms with Gasteiger partial charge in [0, 0.05) is 37.1 Å². The summed E-state index contributed by atoms with van der Waals surface area (Å²) in [5.74, 6) is -0.288. The first-order chi connectivity index (χ1) is 17.3. The zero-order valence-electron chi connectivity index (χ0n) is 20.8. The first-order valence-electron chi connectivity index (χ1n) is 11.3. The van der Waals surface area contributed by atoms with Crippen LogP contribution in [-0.4, -0.2) is 52.2 Å². The van der Waals surface area contributed by atoms with Crippen molar-refractivity contribution in [2.45, 2.75) is 6.04 Å². The lowest BCUT2D eigenvalue weighted by molar-refractivity contribution is -0.132. The van der Waals surface area contributed by atoms with Crippen LogP contribution in [0.4, 0.5) is 11.4 Å². The molecule has 0 bridgehead atoms. The van der Waals surface area contributed by atoms with Crippen molar-refractivity contribution in [2.24, 2.45) is 0 Å². The molecule has 1 fully saturated rings. The monoisotopic (exact) mass is 488 g/mol. The van der Waals surface area contributed by atoms with Crippen LogP contribution in [0.15, 0.2) is 72.3 Å². The lowest BCUT2D eigenvalue weighted by atomic mass is 9.95. The van der Waals surface area contributed by atoms with Crippen LogP contribution in [-0.2, 0) is 9.59 Å². The number of anilines is 2. The third kappa shape index (κ3) is 4.33. The SMILES string of the molecule is COc1ccc(/C(O)=C2\C(=O)C(=O)N(c3ccc(OC)c(OC)c3)C2c2ccc(N(C)C)cc2)cc1. The first-order valence-corrected chi connectivity index (χ1v) is 11.3. The second-order valence-corrected chi connectivity index (χ2v) is 8.42. The number of ether oxygens (including phenoxy) is 3. The average molecular weight is 489 g/mol. The van der Waals surface area contributed by atoms with E-state index < -0.39 is 17.7 Å². The van der Waals surface area contributed by atoms with Crippen molar-refractivity contribution in [1.82, 2.24) is 0 Å². The maximum absolute atomic E-state index is 13.4. The maximum atomic E-state index is 13.4. The Bertz CT molecular complexity index is 1310. The Morgan fingerprint density at radius 1 is 0.833 bits per heavy atom. The van der Waals surface area contributed by atoms with Gasteiger partial charge in [0.1, 0.15) is 11.5 Å². The molecule has 0 spiro atoms. The number of hydrogen-bond donors (Lipinski definition) is 1. The Morgan fingerprint density at radius 2 is 1.47 bits per heavy atom. The number of aliphatic hydroxyl groups is 1. The van der Waals surface area contributed by atoms with Gasteiger partial charge in [0.15, 0.2) is 11.5 Å². The van der Waals surface area contributed by atoms with Crippen LogP contribution >= 0.6 is 0 Å². The quantitative estimate of drug-likeness (QED) is 0.300. The molecule has 36 heavy (non-hydrogen) atoms. The molecule has 3 aromatic carbocycles. The van der Waals surface area contributed by atoms with Gasteiger partial charge in [-0.1, -0.05) is 12.1 Å². The predicted octanol–water partition coefficient (Wildman–Crippen LogP) is 4.40. The van der Waals surface area contributed by atoms with E-state index >= 15 is 0 Å². The molecule has 1 heterocycles. The molecule has 0 radical (unpaired) electrons. The lowest BCUT2D eigenvalue weighted by Gasteiger charge is -2.26. The number of carbonyl (C=O) groups is 2. The van der Waals surface area contributed by atoms with Crippen LogP contribution in [0, 0.1) is 0 Å². The van der Waals surface area contributed by atoms with E-state index in [-0.39, 0.29) is 11.3 Å². The van der Waals surface area contributed by atoms with Crippen LogP contribution < -0.4 is 24.0 Å². The minimum atomic E-state index is -0.860. The third-order valence-corrected chi connectivity index (χ3v) is 6.18. The van der Waals surface area contributed by atoms with E-state index in [1.165, 1.54) is 19.1 Å². The van der Waals surface area contributed by atoms with Crippen LogP contribution in [0.2, 0.25) is 0 Å². The van der Waals surface area contributed by atoms with E-state index in [1.807, 2.05) is 43.3 Å². The molecule has 1 saturated heterocycles. The second-order valence-electron chi connectivity index (χ2n) is 8.42.